The summed E-state index contributed by atoms with van der Waals surface area (Å²) in [7, 11) is 0. The van der Waals surface area contributed by atoms with Crippen molar-refractivity contribution in [2.24, 2.45) is 0 Å². The molecule has 0 heterocycles. The van der Waals surface area contributed by atoms with E-state index in [1.54, 1.807) is 12.1 Å². The molecule has 4 N–H and O–H groups in total. The first-order valence-corrected chi connectivity index (χ1v) is 4.53. The number of carbonyl (C=O) groups is 1. The van der Waals surface area contributed by atoms with Crippen LogP contribution in [-0.2, 0) is 0 Å². The minimum Gasteiger partial charge on any atom is -0.478 e. The minimum atomic E-state index is -1.32. The third-order valence-corrected chi connectivity index (χ3v) is 1.86. The molecule has 0 fully saturated rings. The van der Waals surface area contributed by atoms with Gasteiger partial charge in [-0.05, 0) is 24.3 Å². The second-order valence-corrected chi connectivity index (χ2v) is 3.08. The van der Waals surface area contributed by atoms with E-state index in [1.807, 2.05) is 0 Å². The van der Waals surface area contributed by atoms with Crippen LogP contribution in [0.15, 0.2) is 24.3 Å². The van der Waals surface area contributed by atoms with Crippen molar-refractivity contribution in [2.45, 2.75) is 12.7 Å². The van der Waals surface area contributed by atoms with Gasteiger partial charge < -0.3 is 20.6 Å². The van der Waals surface area contributed by atoms with Gasteiger partial charge >= 0.3 is 5.97 Å². The monoisotopic (exact) mass is 211 g/mol. The summed E-state index contributed by atoms with van der Waals surface area (Å²) in [5.41, 5.74) is 0.975. The summed E-state index contributed by atoms with van der Waals surface area (Å²) in [5, 5.41) is 28.7. The molecule has 1 aromatic rings. The number of carboxylic acids is 1. The summed E-state index contributed by atoms with van der Waals surface area (Å²) in [4.78, 5) is 10.5. The number of carboxylic acid groups (broad SMARTS) is 1. The Morgan fingerprint density at radius 2 is 1.87 bits per heavy atom. The first-order chi connectivity index (χ1) is 7.09. The molecule has 1 rings (SSSR count). The molecule has 0 aliphatic carbocycles. The van der Waals surface area contributed by atoms with Gasteiger partial charge in [-0.1, -0.05) is 0 Å². The van der Waals surface area contributed by atoms with Crippen LogP contribution in [0.25, 0.3) is 0 Å². The Balaban J connectivity index is 2.46. The molecule has 15 heavy (non-hydrogen) atoms. The van der Waals surface area contributed by atoms with Gasteiger partial charge in [0.25, 0.3) is 0 Å². The lowest BCUT2D eigenvalue weighted by Gasteiger charge is -2.07. The lowest BCUT2D eigenvalue weighted by atomic mass is 10.2. The summed E-state index contributed by atoms with van der Waals surface area (Å²) in [6.07, 6.45) is -1.10. The number of anilines is 1. The van der Waals surface area contributed by atoms with Crippen LogP contribution in [0.1, 0.15) is 16.8 Å². The highest BCUT2D eigenvalue weighted by Crippen LogP contribution is 2.09. The number of nitrogens with one attached hydrogen (secondary N) is 1. The van der Waals surface area contributed by atoms with Crippen molar-refractivity contribution >= 4 is 11.7 Å². The molecular weight excluding hydrogens is 198 g/mol. The molecule has 0 bridgehead atoms. The van der Waals surface area contributed by atoms with Crippen molar-refractivity contribution in [2.75, 3.05) is 11.9 Å². The number of benzene rings is 1. The molecule has 1 aromatic carbocycles. The van der Waals surface area contributed by atoms with Crippen LogP contribution < -0.4 is 5.32 Å². The van der Waals surface area contributed by atoms with Crippen molar-refractivity contribution in [1.29, 1.82) is 0 Å². The Morgan fingerprint density at radius 1 is 1.27 bits per heavy atom. The first kappa shape index (κ1) is 11.5. The standard InChI is InChI=1S/C10H13NO4/c12-9(13)5-6-11-8-3-1-7(2-4-8)10(14)15/h1-4,9,11-13H,5-6H2,(H,14,15). The van der Waals surface area contributed by atoms with Crippen LogP contribution in [-0.4, -0.2) is 34.1 Å². The van der Waals surface area contributed by atoms with Gasteiger partial charge in [0, 0.05) is 18.7 Å². The summed E-state index contributed by atoms with van der Waals surface area (Å²) in [6.45, 7) is 0.421. The van der Waals surface area contributed by atoms with Gasteiger partial charge in [0.05, 0.1) is 5.56 Å². The van der Waals surface area contributed by atoms with Crippen LogP contribution in [0.4, 0.5) is 5.69 Å². The molecule has 0 atom stereocenters. The zero-order valence-corrected chi connectivity index (χ0v) is 8.05. The highest BCUT2D eigenvalue weighted by molar-refractivity contribution is 5.87. The Bertz CT molecular complexity index is 321. The van der Waals surface area contributed by atoms with E-state index in [4.69, 9.17) is 15.3 Å². The van der Waals surface area contributed by atoms with Gasteiger partial charge in [-0.2, -0.15) is 0 Å². The fourth-order valence-corrected chi connectivity index (χ4v) is 1.08. The minimum absolute atomic E-state index is 0.223. The van der Waals surface area contributed by atoms with Crippen LogP contribution in [0.3, 0.4) is 0 Å². The van der Waals surface area contributed by atoms with E-state index >= 15 is 0 Å². The molecular formula is C10H13NO4. The van der Waals surface area contributed by atoms with Crippen LogP contribution in [0.5, 0.6) is 0 Å². The molecule has 0 unspecified atom stereocenters. The molecule has 0 aliphatic rings. The van der Waals surface area contributed by atoms with E-state index in [2.05, 4.69) is 5.32 Å². The second kappa shape index (κ2) is 5.33. The third-order valence-electron chi connectivity index (χ3n) is 1.86. The van der Waals surface area contributed by atoms with Gasteiger partial charge in [0.15, 0.2) is 6.29 Å². The fraction of sp³-hybridized carbons (Fsp3) is 0.300. The molecule has 0 radical (unpaired) electrons. The number of hydrogen-bond donors (Lipinski definition) is 4. The number of aliphatic hydroxyl groups is 2. The third kappa shape index (κ3) is 3.97. The van der Waals surface area contributed by atoms with E-state index in [0.717, 1.165) is 5.69 Å². The average Bonchev–Trinajstić information content (AvgIpc) is 2.18. The van der Waals surface area contributed by atoms with Crippen molar-refractivity contribution < 1.29 is 20.1 Å². The van der Waals surface area contributed by atoms with Gasteiger partial charge in [-0.25, -0.2) is 4.79 Å². The Labute approximate surface area is 87.0 Å². The molecule has 0 saturated carbocycles. The zero-order valence-electron chi connectivity index (χ0n) is 8.05. The van der Waals surface area contributed by atoms with E-state index in [0.29, 0.717) is 6.54 Å². The first-order valence-electron chi connectivity index (χ1n) is 4.53. The predicted octanol–water partition coefficient (Wildman–Crippen LogP) is 0.498. The van der Waals surface area contributed by atoms with Crippen LogP contribution >= 0.6 is 0 Å². The maximum Gasteiger partial charge on any atom is 0.335 e. The lowest BCUT2D eigenvalue weighted by molar-refractivity contribution is -0.0423. The highest BCUT2D eigenvalue weighted by atomic mass is 16.5. The average molecular weight is 211 g/mol. The van der Waals surface area contributed by atoms with E-state index in [-0.39, 0.29) is 12.0 Å². The van der Waals surface area contributed by atoms with Crippen molar-refractivity contribution in [3.63, 3.8) is 0 Å². The number of rotatable bonds is 5. The van der Waals surface area contributed by atoms with E-state index in [1.165, 1.54) is 12.1 Å². The topological polar surface area (TPSA) is 89.8 Å². The Kier molecular flexibility index (Phi) is 4.08. The lowest BCUT2D eigenvalue weighted by Crippen LogP contribution is -2.12. The highest BCUT2D eigenvalue weighted by Gasteiger charge is 2.01. The summed E-state index contributed by atoms with van der Waals surface area (Å²) >= 11 is 0. The summed E-state index contributed by atoms with van der Waals surface area (Å²) in [6, 6.07) is 6.24. The van der Waals surface area contributed by atoms with Gasteiger partial charge in [-0.15, -0.1) is 0 Å². The fourth-order valence-electron chi connectivity index (χ4n) is 1.08. The van der Waals surface area contributed by atoms with Crippen molar-refractivity contribution in [3.8, 4) is 0 Å². The maximum atomic E-state index is 10.5. The molecule has 0 amide bonds. The van der Waals surface area contributed by atoms with Crippen LogP contribution in [0, 0.1) is 0 Å². The Hall–Kier alpha value is -1.59. The quantitative estimate of drug-likeness (QED) is 0.532. The summed E-state index contributed by atoms with van der Waals surface area (Å²) < 4.78 is 0. The normalized spacial score (nSPS) is 10.3. The smallest absolute Gasteiger partial charge is 0.335 e. The van der Waals surface area contributed by atoms with Gasteiger partial charge in [0.2, 0.25) is 0 Å². The predicted molar refractivity (Wildman–Crippen MR) is 54.7 cm³/mol. The summed E-state index contributed by atoms with van der Waals surface area (Å²) in [5.74, 6) is -0.965. The van der Waals surface area contributed by atoms with E-state index < -0.39 is 12.3 Å². The number of hydrogen-bond acceptors (Lipinski definition) is 4. The largest absolute Gasteiger partial charge is 0.478 e. The molecule has 0 aliphatic heterocycles. The van der Waals surface area contributed by atoms with E-state index in [9.17, 15) is 4.79 Å². The molecule has 0 aromatic heterocycles. The molecule has 0 saturated heterocycles. The van der Waals surface area contributed by atoms with Gasteiger partial charge in [0.1, 0.15) is 0 Å². The van der Waals surface area contributed by atoms with Crippen LogP contribution in [0.2, 0.25) is 0 Å². The molecule has 0 spiro atoms. The Morgan fingerprint density at radius 3 is 2.33 bits per heavy atom. The zero-order chi connectivity index (χ0) is 11.3. The van der Waals surface area contributed by atoms with Crippen molar-refractivity contribution in [3.05, 3.63) is 29.8 Å². The number of aromatic carboxylic acids is 1. The molecule has 5 heteroatoms. The SMILES string of the molecule is O=C(O)c1ccc(NCCC(O)O)cc1. The maximum absolute atomic E-state index is 10.5. The second-order valence-electron chi connectivity index (χ2n) is 3.08. The molecule has 82 valence electrons. The van der Waals surface area contributed by atoms with Crippen molar-refractivity contribution in [1.82, 2.24) is 0 Å². The van der Waals surface area contributed by atoms with Gasteiger partial charge in [-0.3, -0.25) is 0 Å². The number of aliphatic hydroxyl groups excluding tert-OH is 1. The molecule has 5 nitrogen and oxygen atoms in total.